The summed E-state index contributed by atoms with van der Waals surface area (Å²) in [4.78, 5) is 30.3. The molecule has 0 radical (unpaired) electrons. The Kier molecular flexibility index (Phi) is 6.33. The summed E-state index contributed by atoms with van der Waals surface area (Å²) < 4.78 is 28.4. The third-order valence-electron chi connectivity index (χ3n) is 4.21. The van der Waals surface area contributed by atoms with Crippen LogP contribution in [0.15, 0.2) is 48.0 Å². The topological polar surface area (TPSA) is 62.3 Å². The van der Waals surface area contributed by atoms with Gasteiger partial charge in [-0.05, 0) is 18.6 Å². The Labute approximate surface area is 171 Å². The van der Waals surface area contributed by atoms with Crippen molar-refractivity contribution in [3.63, 3.8) is 0 Å². The second kappa shape index (κ2) is 8.91. The van der Waals surface area contributed by atoms with Gasteiger partial charge in [-0.1, -0.05) is 29.8 Å². The molecule has 2 amide bonds. The molecule has 5 nitrogen and oxygen atoms in total. The number of benzene rings is 2. The molecular formula is C21H19F2N3O2S. The lowest BCUT2D eigenvalue weighted by Crippen LogP contribution is -2.27. The average Bonchev–Trinajstić information content (AvgIpc) is 3.16. The molecule has 3 rings (SSSR count). The maximum Gasteiger partial charge on any atom is 0.257 e. The van der Waals surface area contributed by atoms with E-state index in [1.54, 1.807) is 17.6 Å². The largest absolute Gasteiger partial charge is 0.335 e. The molecule has 0 fully saturated rings. The van der Waals surface area contributed by atoms with Crippen molar-refractivity contribution < 1.29 is 18.4 Å². The number of aromatic nitrogens is 1. The minimum atomic E-state index is -0.991. The van der Waals surface area contributed by atoms with E-state index in [-0.39, 0.29) is 24.2 Å². The number of anilines is 1. The van der Waals surface area contributed by atoms with Crippen molar-refractivity contribution >= 4 is 28.8 Å². The van der Waals surface area contributed by atoms with Gasteiger partial charge in [0.25, 0.3) is 5.91 Å². The highest BCUT2D eigenvalue weighted by molar-refractivity contribution is 7.09. The molecule has 0 saturated heterocycles. The summed E-state index contributed by atoms with van der Waals surface area (Å²) in [7, 11) is 1.50. The van der Waals surface area contributed by atoms with Gasteiger partial charge in [0.15, 0.2) is 0 Å². The van der Waals surface area contributed by atoms with Gasteiger partial charge in [-0.15, -0.1) is 11.3 Å². The number of rotatable bonds is 6. The molecule has 0 spiro atoms. The predicted molar refractivity (Wildman–Crippen MR) is 108 cm³/mol. The first-order valence-corrected chi connectivity index (χ1v) is 9.69. The quantitative estimate of drug-likeness (QED) is 0.657. The molecular weight excluding hydrogens is 396 g/mol. The van der Waals surface area contributed by atoms with Gasteiger partial charge in [-0.25, -0.2) is 13.8 Å². The molecule has 0 bridgehead atoms. The standard InChI is InChI=1S/C21H19F2N3O2S/c1-13-4-3-5-14(8-13)9-19(27)25-18-10-15(16(22)11-17(18)23)21(28)26(2)12-20-24-6-7-29-20/h3-8,10-11H,9,12H2,1-2H3,(H,25,27). The van der Waals surface area contributed by atoms with Gasteiger partial charge in [-0.2, -0.15) is 0 Å². The second-order valence-corrected chi connectivity index (χ2v) is 7.59. The molecule has 8 heteroatoms. The van der Waals surface area contributed by atoms with Crippen LogP contribution in [0.25, 0.3) is 0 Å². The number of nitrogens with zero attached hydrogens (tertiary/aromatic N) is 2. The van der Waals surface area contributed by atoms with Gasteiger partial charge in [0.2, 0.25) is 5.91 Å². The molecule has 150 valence electrons. The van der Waals surface area contributed by atoms with Crippen LogP contribution >= 0.6 is 11.3 Å². The Morgan fingerprint density at radius 2 is 1.97 bits per heavy atom. The molecule has 1 heterocycles. The number of hydrogen-bond acceptors (Lipinski definition) is 4. The van der Waals surface area contributed by atoms with E-state index >= 15 is 0 Å². The minimum Gasteiger partial charge on any atom is -0.335 e. The van der Waals surface area contributed by atoms with Gasteiger partial charge in [0.05, 0.1) is 24.2 Å². The summed E-state index contributed by atoms with van der Waals surface area (Å²) in [6, 6.07) is 9.00. The van der Waals surface area contributed by atoms with E-state index in [9.17, 15) is 18.4 Å². The molecule has 0 aliphatic heterocycles. The van der Waals surface area contributed by atoms with Crippen LogP contribution in [0.5, 0.6) is 0 Å². The number of thiazole rings is 1. The van der Waals surface area contributed by atoms with Crippen molar-refractivity contribution in [2.75, 3.05) is 12.4 Å². The highest BCUT2D eigenvalue weighted by atomic mass is 32.1. The number of amides is 2. The van der Waals surface area contributed by atoms with Crippen LogP contribution < -0.4 is 5.32 Å². The Morgan fingerprint density at radius 3 is 2.66 bits per heavy atom. The Balaban J connectivity index is 1.76. The molecule has 0 saturated carbocycles. The molecule has 1 N–H and O–H groups in total. The first-order chi connectivity index (χ1) is 13.8. The first kappa shape index (κ1) is 20.6. The Morgan fingerprint density at radius 1 is 1.17 bits per heavy atom. The fraction of sp³-hybridized carbons (Fsp3) is 0.190. The number of aryl methyl sites for hydroxylation is 1. The highest BCUT2D eigenvalue weighted by Gasteiger charge is 2.21. The van der Waals surface area contributed by atoms with Crippen LogP contribution in [0, 0.1) is 18.6 Å². The fourth-order valence-corrected chi connectivity index (χ4v) is 3.49. The third-order valence-corrected chi connectivity index (χ3v) is 4.98. The smallest absolute Gasteiger partial charge is 0.257 e. The normalized spacial score (nSPS) is 10.6. The average molecular weight is 415 g/mol. The molecule has 0 aliphatic carbocycles. The van der Waals surface area contributed by atoms with Crippen LogP contribution in [0.2, 0.25) is 0 Å². The van der Waals surface area contributed by atoms with Crippen LogP contribution in [0.4, 0.5) is 14.5 Å². The maximum atomic E-state index is 14.2. The van der Waals surface area contributed by atoms with E-state index in [1.165, 1.54) is 23.3 Å². The maximum absolute atomic E-state index is 14.2. The van der Waals surface area contributed by atoms with E-state index in [0.29, 0.717) is 11.1 Å². The predicted octanol–water partition coefficient (Wildman–Crippen LogP) is 4.18. The fourth-order valence-electron chi connectivity index (χ4n) is 2.82. The third kappa shape index (κ3) is 5.23. The molecule has 0 atom stereocenters. The van der Waals surface area contributed by atoms with Crippen molar-refractivity contribution in [3.8, 4) is 0 Å². The van der Waals surface area contributed by atoms with Gasteiger partial charge < -0.3 is 10.2 Å². The second-order valence-electron chi connectivity index (χ2n) is 6.61. The lowest BCUT2D eigenvalue weighted by molar-refractivity contribution is -0.115. The molecule has 1 aromatic heterocycles. The number of hydrogen-bond donors (Lipinski definition) is 1. The molecule has 0 aliphatic rings. The highest BCUT2D eigenvalue weighted by Crippen LogP contribution is 2.22. The summed E-state index contributed by atoms with van der Waals surface area (Å²) in [5.41, 5.74) is 1.20. The van der Waals surface area contributed by atoms with Crippen LogP contribution in [0.1, 0.15) is 26.5 Å². The summed E-state index contributed by atoms with van der Waals surface area (Å²) in [6.45, 7) is 2.10. The Hall–Kier alpha value is -3.13. The lowest BCUT2D eigenvalue weighted by atomic mass is 10.1. The van der Waals surface area contributed by atoms with Crippen molar-refractivity contribution in [2.24, 2.45) is 0 Å². The van der Waals surface area contributed by atoms with Crippen molar-refractivity contribution in [2.45, 2.75) is 19.9 Å². The van der Waals surface area contributed by atoms with E-state index < -0.39 is 23.4 Å². The molecule has 0 unspecified atom stereocenters. The van der Waals surface area contributed by atoms with Crippen LogP contribution in [-0.4, -0.2) is 28.7 Å². The zero-order valence-corrected chi connectivity index (χ0v) is 16.7. The summed E-state index contributed by atoms with van der Waals surface area (Å²) in [5.74, 6) is -3.03. The van der Waals surface area contributed by atoms with Gasteiger partial charge in [0.1, 0.15) is 16.6 Å². The summed E-state index contributed by atoms with van der Waals surface area (Å²) in [5, 5.41) is 4.89. The molecule has 3 aromatic rings. The summed E-state index contributed by atoms with van der Waals surface area (Å²) >= 11 is 1.37. The summed E-state index contributed by atoms with van der Waals surface area (Å²) in [6.07, 6.45) is 1.64. The van der Waals surface area contributed by atoms with Crippen molar-refractivity contribution in [3.05, 3.63) is 81.3 Å². The lowest BCUT2D eigenvalue weighted by Gasteiger charge is -2.17. The van der Waals surface area contributed by atoms with Crippen LogP contribution in [0.3, 0.4) is 0 Å². The monoisotopic (exact) mass is 415 g/mol. The SMILES string of the molecule is Cc1cccc(CC(=O)Nc2cc(C(=O)N(C)Cc3nccs3)c(F)cc2F)c1. The number of carbonyl (C=O) groups is 2. The van der Waals surface area contributed by atoms with Crippen molar-refractivity contribution in [1.82, 2.24) is 9.88 Å². The number of nitrogens with one attached hydrogen (secondary N) is 1. The van der Waals surface area contributed by atoms with Gasteiger partial charge in [-0.3, -0.25) is 9.59 Å². The van der Waals surface area contributed by atoms with E-state index in [4.69, 9.17) is 0 Å². The minimum absolute atomic E-state index is 0.0335. The van der Waals surface area contributed by atoms with Gasteiger partial charge in [0, 0.05) is 24.7 Å². The zero-order chi connectivity index (χ0) is 21.0. The molecule has 29 heavy (non-hydrogen) atoms. The van der Waals surface area contributed by atoms with Crippen LogP contribution in [-0.2, 0) is 17.8 Å². The first-order valence-electron chi connectivity index (χ1n) is 8.81. The van der Waals surface area contributed by atoms with Gasteiger partial charge >= 0.3 is 0 Å². The number of halogens is 2. The van der Waals surface area contributed by atoms with Crippen molar-refractivity contribution in [1.29, 1.82) is 0 Å². The van der Waals surface area contributed by atoms with E-state index in [1.807, 2.05) is 25.1 Å². The Bertz CT molecular complexity index is 1040. The zero-order valence-electron chi connectivity index (χ0n) is 15.9. The molecule has 2 aromatic carbocycles. The van der Waals surface area contributed by atoms with E-state index in [2.05, 4.69) is 10.3 Å². The van der Waals surface area contributed by atoms with E-state index in [0.717, 1.165) is 17.2 Å². The number of carbonyl (C=O) groups excluding carboxylic acids is 2.